The SMILES string of the molecule is N#C/C(NN)=C(/N)c1cccc(OC2CCC2)c1. The average Bonchev–Trinajstić information content (AvgIpc) is 2.35. The minimum atomic E-state index is 0.149. The molecule has 0 unspecified atom stereocenters. The molecule has 1 aromatic rings. The lowest BCUT2D eigenvalue weighted by Gasteiger charge is -2.26. The highest BCUT2D eigenvalue weighted by Gasteiger charge is 2.19. The minimum absolute atomic E-state index is 0.149. The van der Waals surface area contributed by atoms with E-state index in [9.17, 15) is 0 Å². The highest BCUT2D eigenvalue weighted by molar-refractivity contribution is 5.69. The van der Waals surface area contributed by atoms with Gasteiger partial charge in [-0.3, -0.25) is 0 Å². The summed E-state index contributed by atoms with van der Waals surface area (Å²) < 4.78 is 5.78. The molecule has 0 saturated heterocycles. The topological polar surface area (TPSA) is 97.1 Å². The lowest BCUT2D eigenvalue weighted by molar-refractivity contribution is 0.120. The van der Waals surface area contributed by atoms with Crippen molar-refractivity contribution in [3.05, 3.63) is 35.5 Å². The molecule has 1 aliphatic carbocycles. The molecule has 5 heteroatoms. The van der Waals surface area contributed by atoms with Crippen LogP contribution in [-0.2, 0) is 0 Å². The third-order valence-electron chi connectivity index (χ3n) is 3.03. The van der Waals surface area contributed by atoms with Crippen LogP contribution in [0, 0.1) is 11.3 Å². The number of ether oxygens (including phenoxy) is 1. The third-order valence-corrected chi connectivity index (χ3v) is 3.03. The molecule has 0 bridgehead atoms. The molecule has 0 radical (unpaired) electrons. The number of allylic oxidation sites excluding steroid dienone is 1. The normalized spacial score (nSPS) is 16.2. The van der Waals surface area contributed by atoms with Crippen molar-refractivity contribution >= 4 is 5.70 Å². The number of nitrogens with two attached hydrogens (primary N) is 2. The lowest BCUT2D eigenvalue weighted by Crippen LogP contribution is -2.25. The van der Waals surface area contributed by atoms with E-state index in [-0.39, 0.29) is 5.70 Å². The van der Waals surface area contributed by atoms with Gasteiger partial charge < -0.3 is 15.9 Å². The molecule has 0 spiro atoms. The van der Waals surface area contributed by atoms with Gasteiger partial charge in [0.2, 0.25) is 0 Å². The van der Waals surface area contributed by atoms with E-state index in [0.717, 1.165) is 24.2 Å². The van der Waals surface area contributed by atoms with E-state index in [1.54, 1.807) is 0 Å². The molecule has 1 aromatic carbocycles. The second-order valence-electron chi connectivity index (χ2n) is 4.24. The zero-order chi connectivity index (χ0) is 13.0. The van der Waals surface area contributed by atoms with Gasteiger partial charge in [-0.05, 0) is 31.4 Å². The fourth-order valence-corrected chi connectivity index (χ4v) is 1.73. The molecule has 5 N–H and O–H groups in total. The summed E-state index contributed by atoms with van der Waals surface area (Å²) in [6.45, 7) is 0. The van der Waals surface area contributed by atoms with Gasteiger partial charge in [0, 0.05) is 5.56 Å². The molecule has 1 saturated carbocycles. The Morgan fingerprint density at radius 3 is 2.78 bits per heavy atom. The first kappa shape index (κ1) is 12.3. The summed E-state index contributed by atoms with van der Waals surface area (Å²) >= 11 is 0. The largest absolute Gasteiger partial charge is 0.490 e. The van der Waals surface area contributed by atoms with Crippen molar-refractivity contribution in [3.8, 4) is 11.8 Å². The lowest BCUT2D eigenvalue weighted by atomic mass is 9.96. The molecule has 2 rings (SSSR count). The Bertz CT molecular complexity index is 500. The van der Waals surface area contributed by atoms with E-state index < -0.39 is 0 Å². The van der Waals surface area contributed by atoms with Crippen molar-refractivity contribution in [1.29, 1.82) is 5.26 Å². The molecule has 1 fully saturated rings. The summed E-state index contributed by atoms with van der Waals surface area (Å²) in [5.41, 5.74) is 9.34. The number of hydrogen-bond acceptors (Lipinski definition) is 5. The van der Waals surface area contributed by atoms with Crippen LogP contribution in [0.3, 0.4) is 0 Å². The van der Waals surface area contributed by atoms with Crippen LogP contribution in [0.1, 0.15) is 24.8 Å². The number of nitrogens with one attached hydrogen (secondary N) is 1. The maximum Gasteiger partial charge on any atom is 0.151 e. The molecule has 0 aromatic heterocycles. The Morgan fingerprint density at radius 2 is 2.22 bits per heavy atom. The molecule has 1 aliphatic rings. The average molecular weight is 244 g/mol. The molecule has 94 valence electrons. The van der Waals surface area contributed by atoms with E-state index in [4.69, 9.17) is 21.6 Å². The van der Waals surface area contributed by atoms with Crippen molar-refractivity contribution < 1.29 is 4.74 Å². The quantitative estimate of drug-likeness (QED) is 0.420. The fraction of sp³-hybridized carbons (Fsp3) is 0.308. The van der Waals surface area contributed by atoms with Crippen molar-refractivity contribution in [1.82, 2.24) is 5.43 Å². The van der Waals surface area contributed by atoms with Crippen LogP contribution in [0.5, 0.6) is 5.75 Å². The van der Waals surface area contributed by atoms with Gasteiger partial charge in [-0.1, -0.05) is 12.1 Å². The third kappa shape index (κ3) is 2.55. The summed E-state index contributed by atoms with van der Waals surface area (Å²) in [7, 11) is 0. The van der Waals surface area contributed by atoms with Gasteiger partial charge in [0.1, 0.15) is 11.8 Å². The number of nitrogens with zero attached hydrogens (tertiary/aromatic N) is 1. The number of rotatable bonds is 4. The van der Waals surface area contributed by atoms with E-state index in [2.05, 4.69) is 5.43 Å². The molecule has 0 amide bonds. The molecule has 5 nitrogen and oxygen atoms in total. The summed E-state index contributed by atoms with van der Waals surface area (Å²) in [4.78, 5) is 0. The van der Waals surface area contributed by atoms with E-state index in [0.29, 0.717) is 11.8 Å². The molecule has 0 aliphatic heterocycles. The summed E-state index contributed by atoms with van der Waals surface area (Å²) in [5.74, 6) is 6.00. The Hall–Kier alpha value is -2.19. The Balaban J connectivity index is 2.21. The van der Waals surface area contributed by atoms with Gasteiger partial charge in [0.15, 0.2) is 5.70 Å². The maximum atomic E-state index is 8.86. The van der Waals surface area contributed by atoms with Crippen LogP contribution < -0.4 is 21.7 Å². The van der Waals surface area contributed by atoms with Gasteiger partial charge in [-0.2, -0.15) is 5.26 Å². The summed E-state index contributed by atoms with van der Waals surface area (Å²) in [6, 6.07) is 9.28. The van der Waals surface area contributed by atoms with Gasteiger partial charge in [0.05, 0.1) is 11.8 Å². The van der Waals surface area contributed by atoms with Gasteiger partial charge in [-0.25, -0.2) is 5.84 Å². The van der Waals surface area contributed by atoms with Crippen molar-refractivity contribution in [2.75, 3.05) is 0 Å². The fourth-order valence-electron chi connectivity index (χ4n) is 1.73. The standard InChI is InChI=1S/C13H16N4O/c14-8-12(17-16)13(15)9-3-1-6-11(7-9)18-10-4-2-5-10/h1,3,6-7,10,17H,2,4-5,15-16H2/b13-12-. The highest BCUT2D eigenvalue weighted by Crippen LogP contribution is 2.26. The molecular weight excluding hydrogens is 228 g/mol. The smallest absolute Gasteiger partial charge is 0.151 e. The zero-order valence-corrected chi connectivity index (χ0v) is 10.0. The van der Waals surface area contributed by atoms with Gasteiger partial charge in [-0.15, -0.1) is 0 Å². The molecular formula is C13H16N4O. The number of benzene rings is 1. The maximum absolute atomic E-state index is 8.86. The minimum Gasteiger partial charge on any atom is -0.490 e. The summed E-state index contributed by atoms with van der Waals surface area (Å²) in [6.07, 6.45) is 3.74. The van der Waals surface area contributed by atoms with Crippen molar-refractivity contribution in [2.45, 2.75) is 25.4 Å². The van der Waals surface area contributed by atoms with Crippen LogP contribution in [0.4, 0.5) is 0 Å². The first-order valence-electron chi connectivity index (χ1n) is 5.88. The monoisotopic (exact) mass is 244 g/mol. The summed E-state index contributed by atoms with van der Waals surface area (Å²) in [5, 5.41) is 8.86. The first-order valence-corrected chi connectivity index (χ1v) is 5.88. The molecule has 0 heterocycles. The highest BCUT2D eigenvalue weighted by atomic mass is 16.5. The van der Waals surface area contributed by atoms with Crippen LogP contribution in [0.2, 0.25) is 0 Å². The molecule has 0 atom stereocenters. The second-order valence-corrected chi connectivity index (χ2v) is 4.24. The second kappa shape index (κ2) is 5.43. The Kier molecular flexibility index (Phi) is 3.70. The van der Waals surface area contributed by atoms with Crippen LogP contribution >= 0.6 is 0 Å². The molecule has 18 heavy (non-hydrogen) atoms. The number of hydrogen-bond donors (Lipinski definition) is 3. The number of nitriles is 1. The van der Waals surface area contributed by atoms with E-state index >= 15 is 0 Å². The Labute approximate surface area is 106 Å². The van der Waals surface area contributed by atoms with Gasteiger partial charge >= 0.3 is 0 Å². The van der Waals surface area contributed by atoms with E-state index in [1.165, 1.54) is 6.42 Å². The predicted octanol–water partition coefficient (Wildman–Crippen LogP) is 1.23. The zero-order valence-electron chi connectivity index (χ0n) is 10.0. The Morgan fingerprint density at radius 1 is 1.44 bits per heavy atom. The van der Waals surface area contributed by atoms with Crippen molar-refractivity contribution in [3.63, 3.8) is 0 Å². The first-order chi connectivity index (χ1) is 8.74. The van der Waals surface area contributed by atoms with Crippen LogP contribution in [0.15, 0.2) is 30.0 Å². The van der Waals surface area contributed by atoms with Crippen LogP contribution in [-0.4, -0.2) is 6.10 Å². The predicted molar refractivity (Wildman–Crippen MR) is 68.8 cm³/mol. The van der Waals surface area contributed by atoms with Crippen molar-refractivity contribution in [2.24, 2.45) is 11.6 Å². The van der Waals surface area contributed by atoms with Gasteiger partial charge in [0.25, 0.3) is 0 Å². The van der Waals surface area contributed by atoms with E-state index in [1.807, 2.05) is 30.3 Å². The number of hydrazine groups is 1. The van der Waals surface area contributed by atoms with Crippen LogP contribution in [0.25, 0.3) is 5.70 Å².